The van der Waals surface area contributed by atoms with E-state index in [0.29, 0.717) is 62.4 Å². The smallest absolute Gasteiger partial charge is 0.380 e. The quantitative estimate of drug-likeness (QED) is 0.0953. The largest absolute Gasteiger partial charge is 0.493 e. The normalized spacial score (nSPS) is 20.0. The molecule has 1 aliphatic carbocycles. The fourth-order valence-electron chi connectivity index (χ4n) is 7.57. The summed E-state index contributed by atoms with van der Waals surface area (Å²) in [5, 5.41) is 1.23. The number of carbonyl (C=O) groups excluding carboxylic acids is 3. The van der Waals surface area contributed by atoms with Gasteiger partial charge in [-0.3, -0.25) is 9.59 Å². The highest BCUT2D eigenvalue weighted by Crippen LogP contribution is 2.56. The summed E-state index contributed by atoms with van der Waals surface area (Å²) < 4.78 is 42.0. The number of fused-ring (bicyclic) bond motifs is 4. The van der Waals surface area contributed by atoms with Crippen molar-refractivity contribution in [3.05, 3.63) is 112 Å². The second-order valence-electron chi connectivity index (χ2n) is 12.6. The lowest BCUT2D eigenvalue weighted by Gasteiger charge is -2.38. The number of hydrogen-bond donors (Lipinski definition) is 0. The zero-order valence-electron chi connectivity index (χ0n) is 27.8. The molecule has 0 spiro atoms. The van der Waals surface area contributed by atoms with E-state index in [1.807, 2.05) is 34.9 Å². The minimum atomic E-state index is -1.05. The van der Waals surface area contributed by atoms with Gasteiger partial charge in [-0.05, 0) is 59.2 Å². The van der Waals surface area contributed by atoms with E-state index in [-0.39, 0.29) is 19.0 Å². The Kier molecular flexibility index (Phi) is 8.22. The highest BCUT2D eigenvalue weighted by Gasteiger charge is 2.54. The zero-order valence-corrected chi connectivity index (χ0v) is 28.6. The van der Waals surface area contributed by atoms with Gasteiger partial charge in [0.2, 0.25) is 12.5 Å². The van der Waals surface area contributed by atoms with Gasteiger partial charge in [-0.1, -0.05) is 41.9 Å². The Morgan fingerprint density at radius 2 is 1.55 bits per heavy atom. The van der Waals surface area contributed by atoms with E-state index in [4.69, 9.17) is 44.8 Å². The first-order valence-corrected chi connectivity index (χ1v) is 16.6. The molecule has 0 saturated carbocycles. The van der Waals surface area contributed by atoms with Crippen molar-refractivity contribution < 1.29 is 47.5 Å². The number of carbonyl (C=O) groups is 3. The maximum absolute atomic E-state index is 14.0. The summed E-state index contributed by atoms with van der Waals surface area (Å²) >= 11 is 6.09. The van der Waals surface area contributed by atoms with Crippen molar-refractivity contribution in [2.45, 2.75) is 18.6 Å². The molecular weight excluding hydrogens is 678 g/mol. The third-order valence-electron chi connectivity index (χ3n) is 9.88. The minimum Gasteiger partial charge on any atom is -0.493 e. The lowest BCUT2D eigenvalue weighted by Crippen LogP contribution is -2.37. The Bertz CT molecular complexity index is 2190. The van der Waals surface area contributed by atoms with Crippen molar-refractivity contribution in [3.63, 3.8) is 0 Å². The van der Waals surface area contributed by atoms with Crippen LogP contribution in [0, 0.1) is 11.8 Å². The SMILES string of the molecule is COc1cc([C@@H]2c3cc4c(cc3[C@H](OC(=O)C(=O)c3cn(Cc5ccc(Cl)cc5)c5ccccc35)[C@H]3COC(=O)[C@H]23)OCO4)cc(OC)c1OC. The van der Waals surface area contributed by atoms with E-state index in [0.717, 1.165) is 11.1 Å². The summed E-state index contributed by atoms with van der Waals surface area (Å²) in [6, 6.07) is 21.9. The topological polar surface area (TPSA) is 121 Å². The van der Waals surface area contributed by atoms with Gasteiger partial charge in [-0.2, -0.15) is 0 Å². The number of aromatic nitrogens is 1. The Morgan fingerprint density at radius 1 is 0.863 bits per heavy atom. The van der Waals surface area contributed by atoms with Gasteiger partial charge in [0.15, 0.2) is 23.0 Å². The van der Waals surface area contributed by atoms with E-state index in [1.165, 1.54) is 21.3 Å². The molecule has 4 aromatic carbocycles. The van der Waals surface area contributed by atoms with Gasteiger partial charge >= 0.3 is 11.9 Å². The first kappa shape index (κ1) is 32.5. The van der Waals surface area contributed by atoms with Crippen molar-refractivity contribution >= 4 is 40.2 Å². The molecule has 1 aromatic heterocycles. The Balaban J connectivity index is 1.19. The summed E-state index contributed by atoms with van der Waals surface area (Å²) in [6.07, 6.45) is 0.657. The monoisotopic (exact) mass is 709 g/mol. The number of benzene rings is 4. The number of para-hydroxylation sites is 1. The van der Waals surface area contributed by atoms with E-state index >= 15 is 0 Å². The molecule has 0 radical (unpaired) electrons. The molecule has 5 aromatic rings. The number of ketones is 1. The standard InChI is InChI=1S/C39H32ClNO10/c1-45-31-12-21(13-32(46-2)37(31)47-3)33-24-14-29-30(50-19-49-29)15-25(24)36(27-18-48-38(43)34(27)33)51-39(44)35(42)26-17-41(28-7-5-4-6-23(26)28)16-20-8-10-22(40)11-9-20/h4-15,17,27,33-34,36H,16,18-19H2,1-3H3/t27-,33+,34-,36-/m0/s1. The molecule has 1 fully saturated rings. The lowest BCUT2D eigenvalue weighted by molar-refractivity contribution is -0.149. The molecule has 8 rings (SSSR count). The first-order chi connectivity index (χ1) is 24.8. The fraction of sp³-hybridized carbons (Fsp3) is 0.256. The molecule has 260 valence electrons. The number of methoxy groups -OCH3 is 3. The van der Waals surface area contributed by atoms with Crippen molar-refractivity contribution in [3.8, 4) is 28.7 Å². The predicted molar refractivity (Wildman–Crippen MR) is 184 cm³/mol. The van der Waals surface area contributed by atoms with Crippen LogP contribution >= 0.6 is 11.6 Å². The molecule has 0 bridgehead atoms. The molecule has 51 heavy (non-hydrogen) atoms. The van der Waals surface area contributed by atoms with Crippen molar-refractivity contribution in [1.82, 2.24) is 4.57 Å². The van der Waals surface area contributed by atoms with Crippen LogP contribution in [0.2, 0.25) is 5.02 Å². The third-order valence-corrected chi connectivity index (χ3v) is 10.1. The average molecular weight is 710 g/mol. The van der Waals surface area contributed by atoms with Crippen LogP contribution in [0.1, 0.15) is 44.6 Å². The number of Topliss-reactive ketones (excluding diaryl/α,β-unsaturated/α-hetero) is 1. The molecule has 3 heterocycles. The number of hydrogen-bond acceptors (Lipinski definition) is 10. The van der Waals surface area contributed by atoms with Crippen LogP contribution in [0.4, 0.5) is 0 Å². The Morgan fingerprint density at radius 3 is 2.24 bits per heavy atom. The molecule has 0 amide bonds. The number of esters is 2. The second-order valence-corrected chi connectivity index (χ2v) is 13.0. The van der Waals surface area contributed by atoms with Gasteiger partial charge in [0.05, 0.1) is 39.4 Å². The first-order valence-electron chi connectivity index (χ1n) is 16.3. The molecule has 11 nitrogen and oxygen atoms in total. The Hall–Kier alpha value is -5.68. The number of ether oxygens (including phenoxy) is 7. The summed E-state index contributed by atoms with van der Waals surface area (Å²) in [5.41, 5.74) is 3.87. The van der Waals surface area contributed by atoms with Crippen LogP contribution in [0.5, 0.6) is 28.7 Å². The zero-order chi connectivity index (χ0) is 35.4. The molecular formula is C39H32ClNO10. The summed E-state index contributed by atoms with van der Waals surface area (Å²) in [5.74, 6) is -2.16. The molecule has 12 heteroatoms. The molecule has 2 aliphatic heterocycles. The highest BCUT2D eigenvalue weighted by atomic mass is 35.5. The van der Waals surface area contributed by atoms with Gasteiger partial charge < -0.3 is 37.7 Å². The number of nitrogens with zero attached hydrogens (tertiary/aromatic N) is 1. The van der Waals surface area contributed by atoms with Gasteiger partial charge in [0.1, 0.15) is 6.10 Å². The fourth-order valence-corrected chi connectivity index (χ4v) is 7.69. The van der Waals surface area contributed by atoms with Crippen LogP contribution in [0.15, 0.2) is 79.0 Å². The predicted octanol–water partition coefficient (Wildman–Crippen LogP) is 6.50. The van der Waals surface area contributed by atoms with Crippen LogP contribution in [0.3, 0.4) is 0 Å². The van der Waals surface area contributed by atoms with Gasteiger partial charge in [0.25, 0.3) is 5.78 Å². The van der Waals surface area contributed by atoms with E-state index in [1.54, 1.807) is 48.7 Å². The van der Waals surface area contributed by atoms with Crippen molar-refractivity contribution in [1.29, 1.82) is 0 Å². The van der Waals surface area contributed by atoms with Crippen molar-refractivity contribution in [2.24, 2.45) is 11.8 Å². The summed E-state index contributed by atoms with van der Waals surface area (Å²) in [6.45, 7) is 0.435. The van der Waals surface area contributed by atoms with Crippen LogP contribution in [-0.4, -0.2) is 57.0 Å². The number of halogens is 1. The van der Waals surface area contributed by atoms with E-state index < -0.39 is 41.6 Å². The number of cyclic esters (lactones) is 1. The molecule has 4 atom stereocenters. The maximum atomic E-state index is 14.0. The molecule has 3 aliphatic rings. The van der Waals surface area contributed by atoms with Gasteiger partial charge in [0, 0.05) is 46.1 Å². The van der Waals surface area contributed by atoms with E-state index in [2.05, 4.69) is 0 Å². The highest BCUT2D eigenvalue weighted by molar-refractivity contribution is 6.43. The van der Waals surface area contributed by atoms with Crippen LogP contribution in [-0.2, 0) is 25.6 Å². The third kappa shape index (κ3) is 5.48. The molecule has 0 N–H and O–H groups in total. The van der Waals surface area contributed by atoms with E-state index in [9.17, 15) is 14.4 Å². The van der Waals surface area contributed by atoms with Gasteiger partial charge in [-0.15, -0.1) is 0 Å². The lowest BCUT2D eigenvalue weighted by atomic mass is 9.66. The number of rotatable bonds is 9. The molecule has 1 saturated heterocycles. The maximum Gasteiger partial charge on any atom is 0.380 e. The minimum absolute atomic E-state index is 0.00496. The van der Waals surface area contributed by atoms with Crippen LogP contribution in [0.25, 0.3) is 10.9 Å². The average Bonchev–Trinajstić information content (AvgIpc) is 3.88. The molecule has 0 unspecified atom stereocenters. The summed E-state index contributed by atoms with van der Waals surface area (Å²) in [7, 11) is 4.54. The second kappa shape index (κ2) is 12.9. The Labute approximate surface area is 297 Å². The van der Waals surface area contributed by atoms with Crippen LogP contribution < -0.4 is 23.7 Å². The summed E-state index contributed by atoms with van der Waals surface area (Å²) in [4.78, 5) is 41.5. The van der Waals surface area contributed by atoms with Gasteiger partial charge in [-0.25, -0.2) is 4.79 Å². The van der Waals surface area contributed by atoms with Crippen molar-refractivity contribution in [2.75, 3.05) is 34.7 Å².